The van der Waals surface area contributed by atoms with Crippen molar-refractivity contribution in [2.45, 2.75) is 13.5 Å². The van der Waals surface area contributed by atoms with Crippen molar-refractivity contribution in [3.05, 3.63) is 51.6 Å². The second kappa shape index (κ2) is 6.21. The Balaban J connectivity index is 1.91. The van der Waals surface area contributed by atoms with E-state index < -0.39 is 5.97 Å². The van der Waals surface area contributed by atoms with E-state index in [1.807, 2.05) is 12.1 Å². The summed E-state index contributed by atoms with van der Waals surface area (Å²) in [4.78, 5) is 24.0. The number of thiophene rings is 1. The Labute approximate surface area is 119 Å². The van der Waals surface area contributed by atoms with Crippen molar-refractivity contribution in [3.63, 3.8) is 0 Å². The Kier molecular flexibility index (Phi) is 4.37. The van der Waals surface area contributed by atoms with Crippen molar-refractivity contribution in [1.29, 1.82) is 0 Å². The van der Waals surface area contributed by atoms with Crippen LogP contribution in [0.15, 0.2) is 35.0 Å². The molecule has 0 aliphatic heterocycles. The molecular weight excluding hydrogens is 278 g/mol. The number of carbonyl (C=O) groups is 2. The fraction of sp³-hybridized carbons (Fsp3) is 0.143. The summed E-state index contributed by atoms with van der Waals surface area (Å²) in [7, 11) is 0. The molecule has 1 amide bonds. The van der Waals surface area contributed by atoms with Crippen LogP contribution in [-0.2, 0) is 11.3 Å². The lowest BCUT2D eigenvalue weighted by Gasteiger charge is -2.00. The number of furan rings is 1. The van der Waals surface area contributed by atoms with Crippen LogP contribution < -0.4 is 5.32 Å². The van der Waals surface area contributed by atoms with Crippen molar-refractivity contribution in [2.24, 2.45) is 0 Å². The standard InChI is InChI=1S/C14H13NO4S/c1-9-6-10(8-19-9)14(18)15-7-12-3-2-11(20-12)4-5-13(16)17/h2-6,8H,7H2,1H3,(H,15,18)(H,16,17)/b5-4+. The molecule has 0 atom stereocenters. The van der Waals surface area contributed by atoms with Crippen LogP contribution in [0.25, 0.3) is 6.08 Å². The molecule has 0 saturated heterocycles. The van der Waals surface area contributed by atoms with Gasteiger partial charge in [-0.25, -0.2) is 4.79 Å². The first kappa shape index (κ1) is 14.1. The Bertz CT molecular complexity index is 654. The van der Waals surface area contributed by atoms with Crippen LogP contribution in [0.3, 0.4) is 0 Å². The number of carboxylic acid groups (broad SMARTS) is 1. The van der Waals surface area contributed by atoms with E-state index in [2.05, 4.69) is 5.32 Å². The van der Waals surface area contributed by atoms with Gasteiger partial charge in [-0.1, -0.05) is 0 Å². The van der Waals surface area contributed by atoms with Gasteiger partial charge in [0.15, 0.2) is 0 Å². The van der Waals surface area contributed by atoms with Gasteiger partial charge in [-0.15, -0.1) is 11.3 Å². The van der Waals surface area contributed by atoms with E-state index in [-0.39, 0.29) is 5.91 Å². The summed E-state index contributed by atoms with van der Waals surface area (Å²) in [6.07, 6.45) is 4.03. The predicted molar refractivity (Wildman–Crippen MR) is 75.6 cm³/mol. The van der Waals surface area contributed by atoms with E-state index in [0.717, 1.165) is 15.8 Å². The van der Waals surface area contributed by atoms with Gasteiger partial charge in [0.2, 0.25) is 0 Å². The maximum atomic E-state index is 11.8. The second-order valence-electron chi connectivity index (χ2n) is 4.10. The number of rotatable bonds is 5. The Morgan fingerprint density at radius 1 is 1.45 bits per heavy atom. The van der Waals surface area contributed by atoms with E-state index in [1.165, 1.54) is 23.7 Å². The Morgan fingerprint density at radius 3 is 2.90 bits per heavy atom. The highest BCUT2D eigenvalue weighted by Gasteiger charge is 2.08. The van der Waals surface area contributed by atoms with Crippen LogP contribution in [0, 0.1) is 6.92 Å². The molecule has 5 nitrogen and oxygen atoms in total. The number of hydrogen-bond acceptors (Lipinski definition) is 4. The third kappa shape index (κ3) is 3.83. The molecule has 2 aromatic rings. The number of hydrogen-bond donors (Lipinski definition) is 2. The zero-order chi connectivity index (χ0) is 14.5. The molecular formula is C14H13NO4S. The summed E-state index contributed by atoms with van der Waals surface area (Å²) in [5.74, 6) is -0.492. The van der Waals surface area contributed by atoms with Crippen molar-refractivity contribution >= 4 is 29.3 Å². The molecule has 0 aliphatic carbocycles. The van der Waals surface area contributed by atoms with Crippen LogP contribution in [0.2, 0.25) is 0 Å². The summed E-state index contributed by atoms with van der Waals surface area (Å²) in [5, 5.41) is 11.3. The molecule has 2 N–H and O–H groups in total. The molecule has 0 spiro atoms. The van der Waals surface area contributed by atoms with Gasteiger partial charge in [0, 0.05) is 15.8 Å². The number of carboxylic acids is 1. The molecule has 0 saturated carbocycles. The highest BCUT2D eigenvalue weighted by molar-refractivity contribution is 7.12. The van der Waals surface area contributed by atoms with Crippen molar-refractivity contribution in [3.8, 4) is 0 Å². The Morgan fingerprint density at radius 2 is 2.25 bits per heavy atom. The quantitative estimate of drug-likeness (QED) is 0.830. The first-order valence-electron chi connectivity index (χ1n) is 5.87. The molecule has 0 radical (unpaired) electrons. The van der Waals surface area contributed by atoms with E-state index in [1.54, 1.807) is 13.0 Å². The van der Waals surface area contributed by atoms with Crippen LogP contribution in [0.4, 0.5) is 0 Å². The largest absolute Gasteiger partial charge is 0.478 e. The van der Waals surface area contributed by atoms with Gasteiger partial charge in [0.1, 0.15) is 12.0 Å². The molecule has 6 heteroatoms. The summed E-state index contributed by atoms with van der Waals surface area (Å²) in [6.45, 7) is 2.17. The molecule has 0 bridgehead atoms. The highest BCUT2D eigenvalue weighted by atomic mass is 32.1. The van der Waals surface area contributed by atoms with Crippen LogP contribution >= 0.6 is 11.3 Å². The van der Waals surface area contributed by atoms with Crippen molar-refractivity contribution < 1.29 is 19.1 Å². The van der Waals surface area contributed by atoms with Crippen LogP contribution in [0.5, 0.6) is 0 Å². The van der Waals surface area contributed by atoms with Gasteiger partial charge >= 0.3 is 5.97 Å². The lowest BCUT2D eigenvalue weighted by molar-refractivity contribution is -0.131. The maximum Gasteiger partial charge on any atom is 0.328 e. The Hall–Kier alpha value is -2.34. The summed E-state index contributed by atoms with van der Waals surface area (Å²) < 4.78 is 5.07. The number of carbonyl (C=O) groups excluding carboxylic acids is 1. The molecule has 0 aromatic carbocycles. The smallest absolute Gasteiger partial charge is 0.328 e. The maximum absolute atomic E-state index is 11.8. The normalized spacial score (nSPS) is 10.8. The fourth-order valence-electron chi connectivity index (χ4n) is 1.56. The summed E-state index contributed by atoms with van der Waals surface area (Å²) in [6, 6.07) is 5.34. The molecule has 2 rings (SSSR count). The predicted octanol–water partition coefficient (Wildman–Crippen LogP) is 2.68. The average molecular weight is 291 g/mol. The van der Waals surface area contributed by atoms with Crippen molar-refractivity contribution in [1.82, 2.24) is 5.32 Å². The van der Waals surface area contributed by atoms with E-state index in [0.29, 0.717) is 17.9 Å². The summed E-state index contributed by atoms with van der Waals surface area (Å²) >= 11 is 1.43. The SMILES string of the molecule is Cc1cc(C(=O)NCc2ccc(/C=C/C(=O)O)s2)co1. The first-order valence-corrected chi connectivity index (χ1v) is 6.69. The minimum Gasteiger partial charge on any atom is -0.478 e. The summed E-state index contributed by atoms with van der Waals surface area (Å²) in [5.41, 5.74) is 0.491. The van der Waals surface area contributed by atoms with Crippen LogP contribution in [-0.4, -0.2) is 17.0 Å². The molecule has 0 unspecified atom stereocenters. The monoisotopic (exact) mass is 291 g/mol. The first-order chi connectivity index (χ1) is 9.54. The zero-order valence-electron chi connectivity index (χ0n) is 10.8. The lowest BCUT2D eigenvalue weighted by Crippen LogP contribution is -2.21. The topological polar surface area (TPSA) is 79.5 Å². The second-order valence-corrected chi connectivity index (χ2v) is 5.30. The van der Waals surface area contributed by atoms with Gasteiger partial charge in [0.05, 0.1) is 12.1 Å². The van der Waals surface area contributed by atoms with Gasteiger partial charge < -0.3 is 14.8 Å². The molecule has 0 aliphatic rings. The fourth-order valence-corrected chi connectivity index (χ4v) is 2.42. The third-order valence-corrected chi connectivity index (χ3v) is 3.54. The molecule has 0 fully saturated rings. The van der Waals surface area contributed by atoms with Gasteiger partial charge in [-0.05, 0) is 31.2 Å². The minimum atomic E-state index is -0.983. The minimum absolute atomic E-state index is 0.196. The van der Waals surface area contributed by atoms with E-state index in [9.17, 15) is 9.59 Å². The number of aliphatic carboxylic acids is 1. The van der Waals surface area contributed by atoms with Gasteiger partial charge in [0.25, 0.3) is 5.91 Å². The van der Waals surface area contributed by atoms with Crippen molar-refractivity contribution in [2.75, 3.05) is 0 Å². The zero-order valence-corrected chi connectivity index (χ0v) is 11.6. The van der Waals surface area contributed by atoms with Gasteiger partial charge in [-0.2, -0.15) is 0 Å². The van der Waals surface area contributed by atoms with E-state index in [4.69, 9.17) is 9.52 Å². The third-order valence-electron chi connectivity index (χ3n) is 2.49. The van der Waals surface area contributed by atoms with Gasteiger partial charge in [-0.3, -0.25) is 4.79 Å². The highest BCUT2D eigenvalue weighted by Crippen LogP contribution is 2.18. The molecule has 20 heavy (non-hydrogen) atoms. The number of aryl methyl sites for hydroxylation is 1. The van der Waals surface area contributed by atoms with Crippen LogP contribution in [0.1, 0.15) is 25.9 Å². The average Bonchev–Trinajstić information content (AvgIpc) is 3.02. The molecule has 2 heterocycles. The number of amides is 1. The molecule has 104 valence electrons. The lowest BCUT2D eigenvalue weighted by atomic mass is 10.3. The molecule has 2 aromatic heterocycles. The number of nitrogens with one attached hydrogen (secondary N) is 1. The van der Waals surface area contributed by atoms with E-state index >= 15 is 0 Å².